The smallest absolute Gasteiger partial charge is 0.140 e. The van der Waals surface area contributed by atoms with E-state index in [2.05, 4.69) is 50.5 Å². The van der Waals surface area contributed by atoms with Crippen LogP contribution in [0.1, 0.15) is 29.5 Å². The van der Waals surface area contributed by atoms with Crippen molar-refractivity contribution in [1.82, 2.24) is 9.97 Å². The Bertz CT molecular complexity index is 1590. The topological polar surface area (TPSA) is 70.5 Å². The highest BCUT2D eigenvalue weighted by atomic mass is 35.5. The number of hydrogen-bond donors (Lipinski definition) is 2. The lowest BCUT2D eigenvalue weighted by Gasteiger charge is -2.34. The fourth-order valence-corrected chi connectivity index (χ4v) is 5.66. The van der Waals surface area contributed by atoms with Crippen LogP contribution in [0.4, 0.5) is 11.5 Å². The fourth-order valence-electron chi connectivity index (χ4n) is 5.53. The van der Waals surface area contributed by atoms with E-state index in [1.807, 2.05) is 54.6 Å². The minimum atomic E-state index is -1.43. The van der Waals surface area contributed by atoms with Crippen LogP contribution in [0.3, 0.4) is 0 Å². The Morgan fingerprint density at radius 3 is 2.17 bits per heavy atom. The molecule has 40 heavy (non-hydrogen) atoms. The summed E-state index contributed by atoms with van der Waals surface area (Å²) in [4.78, 5) is 11.6. The summed E-state index contributed by atoms with van der Waals surface area (Å²) in [5.74, 6) is 1.50. The maximum atomic E-state index is 12.4. The standard InChI is InChI=1S/C33H31ClN4O2/c1-40-29-14-9-24(10-15-29)33(39,23-7-12-26(34)13-8-23)25-11-16-31-30(21-25)32(36-22-35-31)37-27-17-19-38(20-18-27)28-5-3-2-4-6-28/h2-16,21-22,27,39H,17-20H2,1H3,(H,35,36,37). The van der Waals surface area contributed by atoms with Gasteiger partial charge in [0.25, 0.3) is 0 Å². The second-order valence-electron chi connectivity index (χ2n) is 10.1. The molecule has 4 aromatic carbocycles. The van der Waals surface area contributed by atoms with Gasteiger partial charge in [0.15, 0.2) is 0 Å². The van der Waals surface area contributed by atoms with Gasteiger partial charge in [0.1, 0.15) is 23.5 Å². The van der Waals surface area contributed by atoms with Gasteiger partial charge >= 0.3 is 0 Å². The lowest BCUT2D eigenvalue weighted by Crippen LogP contribution is -2.39. The Kier molecular flexibility index (Phi) is 7.29. The van der Waals surface area contributed by atoms with Crippen molar-refractivity contribution in [3.8, 4) is 5.75 Å². The van der Waals surface area contributed by atoms with Crippen LogP contribution in [0.25, 0.3) is 10.9 Å². The van der Waals surface area contributed by atoms with E-state index in [1.165, 1.54) is 5.69 Å². The van der Waals surface area contributed by atoms with Crippen LogP contribution in [-0.2, 0) is 5.60 Å². The Labute approximate surface area is 239 Å². The van der Waals surface area contributed by atoms with E-state index >= 15 is 0 Å². The maximum absolute atomic E-state index is 12.4. The number of nitrogens with one attached hydrogen (secondary N) is 1. The number of aromatic nitrogens is 2. The number of piperidine rings is 1. The van der Waals surface area contributed by atoms with E-state index < -0.39 is 5.60 Å². The number of aliphatic hydroxyl groups is 1. The monoisotopic (exact) mass is 550 g/mol. The van der Waals surface area contributed by atoms with E-state index in [4.69, 9.17) is 16.3 Å². The average Bonchev–Trinajstić information content (AvgIpc) is 3.02. The molecule has 0 bridgehead atoms. The molecule has 6 rings (SSSR count). The summed E-state index contributed by atoms with van der Waals surface area (Å²) in [6.07, 6.45) is 3.60. The van der Waals surface area contributed by atoms with Crippen LogP contribution in [0.5, 0.6) is 5.75 Å². The average molecular weight is 551 g/mol. The lowest BCUT2D eigenvalue weighted by molar-refractivity contribution is 0.126. The molecule has 0 spiro atoms. The molecule has 0 amide bonds. The van der Waals surface area contributed by atoms with E-state index in [1.54, 1.807) is 25.6 Å². The molecule has 2 heterocycles. The summed E-state index contributed by atoms with van der Waals surface area (Å²) in [5.41, 5.74) is 2.79. The normalized spacial score (nSPS) is 15.5. The van der Waals surface area contributed by atoms with Gasteiger partial charge in [0, 0.05) is 35.2 Å². The van der Waals surface area contributed by atoms with Crippen molar-refractivity contribution in [1.29, 1.82) is 0 Å². The van der Waals surface area contributed by atoms with Gasteiger partial charge in [-0.05, 0) is 78.1 Å². The number of rotatable bonds is 7. The molecule has 1 aromatic heterocycles. The minimum Gasteiger partial charge on any atom is -0.497 e. The molecule has 0 radical (unpaired) electrons. The van der Waals surface area contributed by atoms with Gasteiger partial charge in [0.2, 0.25) is 0 Å². The number of anilines is 2. The molecule has 1 fully saturated rings. The number of fused-ring (bicyclic) bond motifs is 1. The summed E-state index contributed by atoms with van der Waals surface area (Å²) in [6.45, 7) is 1.95. The highest BCUT2D eigenvalue weighted by Crippen LogP contribution is 2.39. The molecule has 1 saturated heterocycles. The molecule has 202 valence electrons. The molecule has 6 nitrogen and oxygen atoms in total. The van der Waals surface area contributed by atoms with E-state index in [0.29, 0.717) is 22.2 Å². The molecule has 1 atom stereocenters. The van der Waals surface area contributed by atoms with Crippen molar-refractivity contribution in [2.24, 2.45) is 0 Å². The number of benzene rings is 4. The number of para-hydroxylation sites is 1. The first-order chi connectivity index (χ1) is 19.5. The zero-order chi connectivity index (χ0) is 27.5. The third-order valence-electron chi connectivity index (χ3n) is 7.78. The van der Waals surface area contributed by atoms with Gasteiger partial charge in [-0.15, -0.1) is 0 Å². The molecule has 0 aliphatic carbocycles. The van der Waals surface area contributed by atoms with Crippen molar-refractivity contribution in [3.05, 3.63) is 125 Å². The quantitative estimate of drug-likeness (QED) is 0.221. The van der Waals surface area contributed by atoms with Crippen LogP contribution in [-0.4, -0.2) is 41.3 Å². The molecule has 7 heteroatoms. The van der Waals surface area contributed by atoms with E-state index in [9.17, 15) is 5.11 Å². The molecule has 1 aliphatic heterocycles. The van der Waals surface area contributed by atoms with Gasteiger partial charge in [-0.1, -0.05) is 60.1 Å². The molecular weight excluding hydrogens is 520 g/mol. The Balaban J connectivity index is 1.34. The third-order valence-corrected chi connectivity index (χ3v) is 8.03. The number of halogens is 1. The molecule has 5 aromatic rings. The van der Waals surface area contributed by atoms with Crippen molar-refractivity contribution in [2.75, 3.05) is 30.4 Å². The first-order valence-corrected chi connectivity index (χ1v) is 13.9. The number of methoxy groups -OCH3 is 1. The Morgan fingerprint density at radius 2 is 1.50 bits per heavy atom. The highest BCUT2D eigenvalue weighted by molar-refractivity contribution is 6.30. The predicted octanol–water partition coefficient (Wildman–Crippen LogP) is 6.66. The number of hydrogen-bond acceptors (Lipinski definition) is 6. The van der Waals surface area contributed by atoms with Gasteiger partial charge in [-0.3, -0.25) is 0 Å². The maximum Gasteiger partial charge on any atom is 0.140 e. The zero-order valence-corrected chi connectivity index (χ0v) is 23.1. The summed E-state index contributed by atoms with van der Waals surface area (Å²) >= 11 is 6.20. The van der Waals surface area contributed by atoms with E-state index in [0.717, 1.165) is 54.0 Å². The summed E-state index contributed by atoms with van der Waals surface area (Å²) in [5, 5.41) is 17.6. The highest BCUT2D eigenvalue weighted by Gasteiger charge is 2.34. The Hall–Kier alpha value is -4.13. The van der Waals surface area contributed by atoms with Gasteiger partial charge < -0.3 is 20.1 Å². The van der Waals surface area contributed by atoms with Crippen LogP contribution >= 0.6 is 11.6 Å². The van der Waals surface area contributed by atoms with Crippen molar-refractivity contribution in [2.45, 2.75) is 24.5 Å². The molecule has 1 aliphatic rings. The summed E-state index contributed by atoms with van der Waals surface area (Å²) in [6, 6.07) is 31.5. The van der Waals surface area contributed by atoms with Crippen molar-refractivity contribution in [3.63, 3.8) is 0 Å². The minimum absolute atomic E-state index is 0.290. The van der Waals surface area contributed by atoms with Crippen LogP contribution in [0, 0.1) is 0 Å². The van der Waals surface area contributed by atoms with Crippen LogP contribution < -0.4 is 15.0 Å². The van der Waals surface area contributed by atoms with Crippen molar-refractivity contribution >= 4 is 34.0 Å². The second kappa shape index (κ2) is 11.2. The van der Waals surface area contributed by atoms with Gasteiger partial charge in [0.05, 0.1) is 12.6 Å². The van der Waals surface area contributed by atoms with Crippen LogP contribution in [0.15, 0.2) is 103 Å². The molecular formula is C33H31ClN4O2. The van der Waals surface area contributed by atoms with Gasteiger partial charge in [-0.25, -0.2) is 9.97 Å². The second-order valence-corrected chi connectivity index (χ2v) is 10.6. The number of nitrogens with zero attached hydrogens (tertiary/aromatic N) is 3. The number of ether oxygens (including phenoxy) is 1. The SMILES string of the molecule is COc1ccc(C(O)(c2ccc(Cl)cc2)c2ccc3ncnc(NC4CCN(c5ccccc5)CC4)c3c2)cc1. The zero-order valence-electron chi connectivity index (χ0n) is 22.3. The summed E-state index contributed by atoms with van der Waals surface area (Å²) < 4.78 is 5.36. The van der Waals surface area contributed by atoms with Crippen molar-refractivity contribution < 1.29 is 9.84 Å². The predicted molar refractivity (Wildman–Crippen MR) is 161 cm³/mol. The largest absolute Gasteiger partial charge is 0.497 e. The van der Waals surface area contributed by atoms with E-state index in [-0.39, 0.29) is 0 Å². The Morgan fingerprint density at radius 1 is 0.850 bits per heavy atom. The molecule has 1 unspecified atom stereocenters. The molecule has 0 saturated carbocycles. The van der Waals surface area contributed by atoms with Gasteiger partial charge in [-0.2, -0.15) is 0 Å². The fraction of sp³-hybridized carbons (Fsp3) is 0.212. The first kappa shape index (κ1) is 26.1. The van der Waals surface area contributed by atoms with Crippen LogP contribution in [0.2, 0.25) is 5.02 Å². The first-order valence-electron chi connectivity index (χ1n) is 13.5. The summed E-state index contributed by atoms with van der Waals surface area (Å²) in [7, 11) is 1.63. The third kappa shape index (κ3) is 5.08. The lowest BCUT2D eigenvalue weighted by atomic mass is 9.80. The molecule has 2 N–H and O–H groups in total.